The van der Waals surface area contributed by atoms with Gasteiger partial charge >= 0.3 is 0 Å². The van der Waals surface area contributed by atoms with Gasteiger partial charge in [-0.05, 0) is 80.0 Å². The number of carbonyl (C=O) groups is 1. The van der Waals surface area contributed by atoms with Gasteiger partial charge in [0.05, 0.1) is 5.52 Å². The van der Waals surface area contributed by atoms with Crippen molar-refractivity contribution in [1.29, 1.82) is 0 Å². The number of halogens is 1. The molecule has 1 saturated heterocycles. The van der Waals surface area contributed by atoms with Crippen molar-refractivity contribution in [3.63, 3.8) is 0 Å². The molecule has 4 heterocycles. The smallest absolute Gasteiger partial charge is 0.272 e. The van der Waals surface area contributed by atoms with E-state index < -0.39 is 0 Å². The lowest BCUT2D eigenvalue weighted by molar-refractivity contribution is 0.0718. The number of aryl methyl sites for hydroxylation is 1. The van der Waals surface area contributed by atoms with E-state index in [0.717, 1.165) is 72.7 Å². The number of amides is 1. The van der Waals surface area contributed by atoms with Crippen molar-refractivity contribution in [1.82, 2.24) is 14.5 Å². The molecule has 0 atom stereocenters. The quantitative estimate of drug-likeness (QED) is 0.311. The van der Waals surface area contributed by atoms with Crippen LogP contribution in [0.3, 0.4) is 0 Å². The van der Waals surface area contributed by atoms with Crippen molar-refractivity contribution in [3.8, 4) is 0 Å². The molecule has 37 heavy (non-hydrogen) atoms. The van der Waals surface area contributed by atoms with Gasteiger partial charge in [-0.1, -0.05) is 48.0 Å². The van der Waals surface area contributed by atoms with Crippen LogP contribution >= 0.6 is 11.6 Å². The molecule has 190 valence electrons. The Labute approximate surface area is 223 Å². The van der Waals surface area contributed by atoms with Gasteiger partial charge in [-0.2, -0.15) is 0 Å². The molecular formula is C31H33ClN4O. The van der Waals surface area contributed by atoms with Crippen LogP contribution in [0.15, 0.2) is 54.6 Å². The van der Waals surface area contributed by atoms with E-state index in [4.69, 9.17) is 16.6 Å². The van der Waals surface area contributed by atoms with E-state index in [-0.39, 0.29) is 5.91 Å². The lowest BCUT2D eigenvalue weighted by Gasteiger charge is -2.31. The Kier molecular flexibility index (Phi) is 6.41. The monoisotopic (exact) mass is 512 g/mol. The molecule has 4 aromatic rings. The zero-order chi connectivity index (χ0) is 25.5. The molecule has 1 fully saturated rings. The van der Waals surface area contributed by atoms with Crippen LogP contribution < -0.4 is 4.90 Å². The fraction of sp³-hybridized carbons (Fsp3) is 0.355. The summed E-state index contributed by atoms with van der Waals surface area (Å²) in [6, 6.07) is 18.7. The maximum absolute atomic E-state index is 13.6. The number of carbonyl (C=O) groups excluding carboxylic acids is 1. The zero-order valence-corrected chi connectivity index (χ0v) is 22.4. The molecule has 0 bridgehead atoms. The third kappa shape index (κ3) is 4.50. The third-order valence-corrected chi connectivity index (χ3v) is 8.35. The summed E-state index contributed by atoms with van der Waals surface area (Å²) in [6.07, 6.45) is 4.30. The number of hydrogen-bond donors (Lipinski definition) is 0. The van der Waals surface area contributed by atoms with Crippen LogP contribution in [0.25, 0.3) is 10.9 Å². The SMILES string of the molecule is Cc1c(C)n(Cc2cccc(Cl)c2)c2c(N3CCc4ccccc4C3)nc(C(=O)N3CCCCC3)cc12. The zero-order valence-electron chi connectivity index (χ0n) is 21.6. The average molecular weight is 513 g/mol. The summed E-state index contributed by atoms with van der Waals surface area (Å²) in [5.74, 6) is 0.963. The van der Waals surface area contributed by atoms with Gasteiger partial charge < -0.3 is 14.4 Å². The van der Waals surface area contributed by atoms with Crippen molar-refractivity contribution >= 4 is 34.2 Å². The molecule has 2 aliphatic heterocycles. The second-order valence-corrected chi connectivity index (χ2v) is 10.9. The van der Waals surface area contributed by atoms with Crippen molar-refractivity contribution in [2.75, 3.05) is 24.5 Å². The van der Waals surface area contributed by atoms with Crippen molar-refractivity contribution in [3.05, 3.63) is 93.3 Å². The lowest BCUT2D eigenvalue weighted by atomic mass is 9.99. The molecule has 0 aliphatic carbocycles. The average Bonchev–Trinajstić information content (AvgIpc) is 3.17. The van der Waals surface area contributed by atoms with Crippen molar-refractivity contribution < 1.29 is 4.79 Å². The Morgan fingerprint density at radius 1 is 0.946 bits per heavy atom. The first kappa shape index (κ1) is 24.1. The highest BCUT2D eigenvalue weighted by Crippen LogP contribution is 2.36. The van der Waals surface area contributed by atoms with Crippen LogP contribution in [-0.2, 0) is 19.5 Å². The molecule has 2 aromatic heterocycles. The number of fused-ring (bicyclic) bond motifs is 2. The Morgan fingerprint density at radius 2 is 1.73 bits per heavy atom. The number of likely N-dealkylation sites (tertiary alicyclic amines) is 1. The molecule has 0 N–H and O–H groups in total. The summed E-state index contributed by atoms with van der Waals surface area (Å²) in [5.41, 5.74) is 7.94. The molecule has 0 radical (unpaired) electrons. The minimum atomic E-state index is 0.0555. The first-order valence-corrected chi connectivity index (χ1v) is 13.7. The van der Waals surface area contributed by atoms with E-state index >= 15 is 0 Å². The Morgan fingerprint density at radius 3 is 2.51 bits per heavy atom. The van der Waals surface area contributed by atoms with Gasteiger partial charge in [-0.3, -0.25) is 4.79 Å². The van der Waals surface area contributed by atoms with E-state index in [1.54, 1.807) is 0 Å². The Balaban J connectivity index is 1.51. The van der Waals surface area contributed by atoms with Gasteiger partial charge in [0.15, 0.2) is 5.82 Å². The van der Waals surface area contributed by atoms with E-state index in [1.807, 2.05) is 29.2 Å². The van der Waals surface area contributed by atoms with E-state index in [9.17, 15) is 4.79 Å². The number of pyridine rings is 1. The van der Waals surface area contributed by atoms with Crippen molar-refractivity contribution in [2.45, 2.75) is 52.6 Å². The normalized spacial score (nSPS) is 15.8. The minimum Gasteiger partial charge on any atom is -0.350 e. The predicted octanol–water partition coefficient (Wildman–Crippen LogP) is 6.54. The van der Waals surface area contributed by atoms with Crippen LogP contribution in [-0.4, -0.2) is 40.0 Å². The Hall–Kier alpha value is -3.31. The first-order chi connectivity index (χ1) is 18.0. The van der Waals surface area contributed by atoms with Crippen LogP contribution in [0, 0.1) is 13.8 Å². The van der Waals surface area contributed by atoms with Gasteiger partial charge in [0.1, 0.15) is 5.69 Å². The number of aromatic nitrogens is 2. The highest BCUT2D eigenvalue weighted by atomic mass is 35.5. The fourth-order valence-corrected chi connectivity index (χ4v) is 6.14. The summed E-state index contributed by atoms with van der Waals surface area (Å²) >= 11 is 6.33. The molecule has 0 unspecified atom stereocenters. The number of anilines is 1. The van der Waals surface area contributed by atoms with E-state index in [1.165, 1.54) is 28.8 Å². The topological polar surface area (TPSA) is 41.4 Å². The number of nitrogens with zero attached hydrogens (tertiary/aromatic N) is 4. The molecular weight excluding hydrogens is 480 g/mol. The molecule has 2 aliphatic rings. The summed E-state index contributed by atoms with van der Waals surface area (Å²) in [4.78, 5) is 23.1. The largest absolute Gasteiger partial charge is 0.350 e. The maximum Gasteiger partial charge on any atom is 0.272 e. The van der Waals surface area contributed by atoms with Gasteiger partial charge in [0, 0.05) is 48.8 Å². The molecule has 0 saturated carbocycles. The summed E-state index contributed by atoms with van der Waals surface area (Å²) < 4.78 is 2.36. The Bertz CT molecular complexity index is 1480. The number of piperidine rings is 1. The van der Waals surface area contributed by atoms with Crippen LogP contribution in [0.2, 0.25) is 5.02 Å². The molecule has 0 spiro atoms. The van der Waals surface area contributed by atoms with Crippen LogP contribution in [0.5, 0.6) is 0 Å². The number of rotatable bonds is 4. The maximum atomic E-state index is 13.6. The standard InChI is InChI=1S/C31H33ClN4O/c1-21-22(2)36(19-23-9-8-12-26(32)17-23)29-27(21)18-28(31(37)34-14-6-3-7-15-34)33-30(29)35-16-13-24-10-4-5-11-25(24)20-35/h4-5,8-12,17-18H,3,6-7,13-16,19-20H2,1-2H3. The van der Waals surface area contributed by atoms with E-state index in [2.05, 4.69) is 53.6 Å². The van der Waals surface area contributed by atoms with Gasteiger partial charge in [0.25, 0.3) is 5.91 Å². The van der Waals surface area contributed by atoms with Crippen LogP contribution in [0.1, 0.15) is 57.7 Å². The van der Waals surface area contributed by atoms with E-state index in [0.29, 0.717) is 12.2 Å². The molecule has 6 rings (SSSR count). The number of benzene rings is 2. The second-order valence-electron chi connectivity index (χ2n) is 10.4. The van der Waals surface area contributed by atoms with Gasteiger partial charge in [-0.15, -0.1) is 0 Å². The molecule has 2 aromatic carbocycles. The lowest BCUT2D eigenvalue weighted by Crippen LogP contribution is -2.37. The first-order valence-electron chi connectivity index (χ1n) is 13.4. The van der Waals surface area contributed by atoms with Crippen molar-refractivity contribution in [2.24, 2.45) is 0 Å². The van der Waals surface area contributed by atoms with Gasteiger partial charge in [-0.25, -0.2) is 4.98 Å². The third-order valence-electron chi connectivity index (χ3n) is 8.12. The van der Waals surface area contributed by atoms with Crippen LogP contribution in [0.4, 0.5) is 5.82 Å². The fourth-order valence-electron chi connectivity index (χ4n) is 5.92. The minimum absolute atomic E-state index is 0.0555. The number of hydrogen-bond acceptors (Lipinski definition) is 3. The second kappa shape index (κ2) is 9.86. The molecule has 1 amide bonds. The van der Waals surface area contributed by atoms with Gasteiger partial charge in [0.2, 0.25) is 0 Å². The predicted molar refractivity (Wildman–Crippen MR) is 151 cm³/mol. The highest BCUT2D eigenvalue weighted by molar-refractivity contribution is 6.30. The summed E-state index contributed by atoms with van der Waals surface area (Å²) in [6.45, 7) is 8.34. The molecule has 6 heteroatoms. The molecule has 5 nitrogen and oxygen atoms in total. The summed E-state index contributed by atoms with van der Waals surface area (Å²) in [5, 5.41) is 1.85. The summed E-state index contributed by atoms with van der Waals surface area (Å²) in [7, 11) is 0. The highest BCUT2D eigenvalue weighted by Gasteiger charge is 2.27.